The molecule has 0 saturated heterocycles. The van der Waals surface area contributed by atoms with Gasteiger partial charge in [-0.25, -0.2) is 0 Å². The topological polar surface area (TPSA) is 40.1 Å². The van der Waals surface area contributed by atoms with Crippen molar-refractivity contribution < 1.29 is 9.90 Å². The van der Waals surface area contributed by atoms with E-state index in [1.165, 1.54) is 38.5 Å². The van der Waals surface area contributed by atoms with Crippen molar-refractivity contribution in [2.24, 2.45) is 0 Å². The molecule has 0 radical (unpaired) electrons. The first-order valence-electron chi connectivity index (χ1n) is 7.09. The second-order valence-electron chi connectivity index (χ2n) is 4.55. The van der Waals surface area contributed by atoms with Gasteiger partial charge in [0.2, 0.25) is 0 Å². The molecule has 0 aliphatic carbocycles. The van der Waals surface area contributed by atoms with Crippen LogP contribution in [0, 0.1) is 0 Å². The van der Waals surface area contributed by atoms with Crippen molar-refractivity contribution in [3.8, 4) is 0 Å². The van der Waals surface area contributed by atoms with Gasteiger partial charge in [-0.15, -0.1) is 0 Å². The molecule has 0 heterocycles. The van der Waals surface area contributed by atoms with Gasteiger partial charge in [-0.3, -0.25) is 0 Å². The predicted octanol–water partition coefficient (Wildman–Crippen LogP) is 3.64. The van der Waals surface area contributed by atoms with E-state index in [-0.39, 0.29) is 0 Å². The standard InChI is InChI=1S/3C4H9.C2H4O2.Sn/c3*1-3-4-2;1-2(3)4;/h3*1,3-4H2,2H3;1H3,(H,3,4);/q;;;;+1/p-1. The number of carboxylic acids is 1. The summed E-state index contributed by atoms with van der Waals surface area (Å²) in [7, 11) is 0. The van der Waals surface area contributed by atoms with Crippen LogP contribution >= 0.6 is 0 Å². The third-order valence-electron chi connectivity index (χ3n) is 2.65. The van der Waals surface area contributed by atoms with Crippen LogP contribution in [0.3, 0.4) is 0 Å². The predicted molar refractivity (Wildman–Crippen MR) is 75.6 cm³/mol. The van der Waals surface area contributed by atoms with E-state index in [1.807, 2.05) is 0 Å². The van der Waals surface area contributed by atoms with E-state index < -0.39 is 25.7 Å². The molecular formula is C14H30O2Sn. The number of rotatable bonds is 9. The summed E-state index contributed by atoms with van der Waals surface area (Å²) in [4.78, 5) is 8.89. The molecule has 0 bridgehead atoms. The summed E-state index contributed by atoms with van der Waals surface area (Å²) < 4.78 is 5.04. The Labute approximate surface area is 115 Å². The van der Waals surface area contributed by atoms with Gasteiger partial charge in [0.15, 0.2) is 0 Å². The molecule has 0 fully saturated rings. The van der Waals surface area contributed by atoms with Crippen LogP contribution in [0.5, 0.6) is 0 Å². The first-order chi connectivity index (χ1) is 8.08. The Morgan fingerprint density at radius 2 is 1.12 bits per heavy atom. The quantitative estimate of drug-likeness (QED) is 0.597. The molecule has 0 aromatic carbocycles. The van der Waals surface area contributed by atoms with Crippen molar-refractivity contribution in [3.63, 3.8) is 0 Å². The molecule has 0 spiro atoms. The van der Waals surface area contributed by atoms with E-state index in [1.54, 1.807) is 13.3 Å². The minimum absolute atomic E-state index is 0.839. The molecule has 0 atom stereocenters. The third-order valence-corrected chi connectivity index (χ3v) is 11.7. The molecule has 0 aromatic heterocycles. The zero-order chi connectivity index (χ0) is 13.5. The molecule has 0 rings (SSSR count). The number of hydrogen-bond acceptors (Lipinski definition) is 2. The molecule has 0 aromatic rings. The van der Waals surface area contributed by atoms with Gasteiger partial charge in [0.05, 0.1) is 0 Å². The third kappa shape index (κ3) is 22.0. The van der Waals surface area contributed by atoms with Gasteiger partial charge in [0, 0.05) is 5.97 Å². The van der Waals surface area contributed by atoms with Gasteiger partial charge in [0.25, 0.3) is 0 Å². The number of carboxylic acid groups (broad SMARTS) is 1. The Balaban J connectivity index is 0. The van der Waals surface area contributed by atoms with Gasteiger partial charge in [-0.05, 0) is 6.92 Å². The molecule has 0 amide bonds. The van der Waals surface area contributed by atoms with Crippen LogP contribution in [-0.2, 0) is 4.79 Å². The Kier molecular flexibility index (Phi) is 18.8. The Morgan fingerprint density at radius 3 is 1.29 bits per heavy atom. The number of carbonyl (C=O) groups excluding carboxylic acids is 1. The zero-order valence-electron chi connectivity index (χ0n) is 12.2. The monoisotopic (exact) mass is 350 g/mol. The fraction of sp³-hybridized carbons (Fsp3) is 0.929. The Hall–Kier alpha value is 0.269. The summed E-state index contributed by atoms with van der Waals surface area (Å²) in [6, 6.07) is 0. The average Bonchev–Trinajstić information content (AvgIpc) is 2.27. The van der Waals surface area contributed by atoms with Gasteiger partial charge < -0.3 is 9.90 Å². The SMILES string of the molecule is CC(=O)[O-].CCC[CH2][Sn+]([CH2]CCC)[CH2]CCC. The molecule has 0 aliphatic heterocycles. The van der Waals surface area contributed by atoms with Crippen LogP contribution in [0.25, 0.3) is 0 Å². The Bertz CT molecular complexity index is 137. The van der Waals surface area contributed by atoms with Gasteiger partial charge >= 0.3 is 92.4 Å². The number of aliphatic carboxylic acids is 1. The minimum atomic E-state index is -1.08. The zero-order valence-corrected chi connectivity index (χ0v) is 15.0. The molecule has 0 aliphatic rings. The van der Waals surface area contributed by atoms with Crippen LogP contribution in [0.15, 0.2) is 0 Å². The number of carbonyl (C=O) groups is 1. The second kappa shape index (κ2) is 16.3. The van der Waals surface area contributed by atoms with E-state index in [0.29, 0.717) is 0 Å². The summed E-state index contributed by atoms with van der Waals surface area (Å²) >= 11 is -0.839. The number of unbranched alkanes of at least 4 members (excludes halogenated alkanes) is 3. The van der Waals surface area contributed by atoms with E-state index in [0.717, 1.165) is 6.92 Å². The second-order valence-corrected chi connectivity index (χ2v) is 13.1. The van der Waals surface area contributed by atoms with Gasteiger partial charge in [0.1, 0.15) is 0 Å². The summed E-state index contributed by atoms with van der Waals surface area (Å²) in [5.74, 6) is -1.08. The summed E-state index contributed by atoms with van der Waals surface area (Å²) in [5.41, 5.74) is 0. The van der Waals surface area contributed by atoms with Crippen molar-refractivity contribution in [1.82, 2.24) is 0 Å². The fourth-order valence-corrected chi connectivity index (χ4v) is 11.1. The van der Waals surface area contributed by atoms with E-state index in [2.05, 4.69) is 20.8 Å². The molecule has 0 N–H and O–H groups in total. The Morgan fingerprint density at radius 1 is 0.882 bits per heavy atom. The van der Waals surface area contributed by atoms with Crippen molar-refractivity contribution in [3.05, 3.63) is 0 Å². The first-order valence-corrected chi connectivity index (χ1v) is 13.1. The maximum atomic E-state index is 8.89. The van der Waals surface area contributed by atoms with Gasteiger partial charge in [-0.1, -0.05) is 0 Å². The van der Waals surface area contributed by atoms with E-state index >= 15 is 0 Å². The summed E-state index contributed by atoms with van der Waals surface area (Å²) in [6.07, 6.45) is 8.85. The van der Waals surface area contributed by atoms with E-state index in [4.69, 9.17) is 9.90 Å². The van der Waals surface area contributed by atoms with Crippen LogP contribution in [0.4, 0.5) is 0 Å². The fourth-order valence-electron chi connectivity index (χ4n) is 1.66. The summed E-state index contributed by atoms with van der Waals surface area (Å²) in [5, 5.41) is 8.89. The van der Waals surface area contributed by atoms with Crippen molar-refractivity contribution in [2.75, 3.05) is 0 Å². The van der Waals surface area contributed by atoms with Crippen LogP contribution < -0.4 is 5.11 Å². The molecule has 17 heavy (non-hydrogen) atoms. The summed E-state index contributed by atoms with van der Waals surface area (Å²) in [6.45, 7) is 7.97. The average molecular weight is 349 g/mol. The molecule has 2 nitrogen and oxygen atoms in total. The molecule has 0 saturated carbocycles. The van der Waals surface area contributed by atoms with Crippen molar-refractivity contribution in [2.45, 2.75) is 79.5 Å². The van der Waals surface area contributed by atoms with Gasteiger partial charge in [-0.2, -0.15) is 0 Å². The first kappa shape index (κ1) is 19.6. The van der Waals surface area contributed by atoms with E-state index in [9.17, 15) is 0 Å². The van der Waals surface area contributed by atoms with Crippen LogP contribution in [-0.4, -0.2) is 25.7 Å². The number of hydrogen-bond donors (Lipinski definition) is 0. The van der Waals surface area contributed by atoms with Crippen molar-refractivity contribution in [1.29, 1.82) is 0 Å². The molecule has 0 unspecified atom stereocenters. The molecule has 3 heteroatoms. The van der Waals surface area contributed by atoms with Crippen LogP contribution in [0.1, 0.15) is 66.2 Å². The normalized spacial score (nSPS) is 9.41. The van der Waals surface area contributed by atoms with Crippen LogP contribution in [0.2, 0.25) is 13.3 Å². The molecular weight excluding hydrogens is 319 g/mol. The van der Waals surface area contributed by atoms with Crippen molar-refractivity contribution >= 4 is 25.7 Å². The maximum absolute atomic E-state index is 8.89. The molecule has 102 valence electrons.